The molecule has 0 aromatic heterocycles. The SMILES string of the molecule is CCC(=O)c1ccc(N(C)C(C)c2cccc(Cl)c2)cc1. The number of Topliss-reactive ketones (excluding diaryl/α,β-unsaturated/α-hetero) is 1. The van der Waals surface area contributed by atoms with Gasteiger partial charge in [0.25, 0.3) is 0 Å². The van der Waals surface area contributed by atoms with Gasteiger partial charge in [0.2, 0.25) is 0 Å². The van der Waals surface area contributed by atoms with E-state index in [4.69, 9.17) is 11.6 Å². The van der Waals surface area contributed by atoms with Crippen LogP contribution in [0, 0.1) is 0 Å². The molecule has 2 rings (SSSR count). The van der Waals surface area contributed by atoms with Gasteiger partial charge in [-0.3, -0.25) is 4.79 Å². The van der Waals surface area contributed by atoms with E-state index in [-0.39, 0.29) is 11.8 Å². The third-order valence-corrected chi connectivity index (χ3v) is 4.06. The van der Waals surface area contributed by atoms with Crippen LogP contribution in [0.25, 0.3) is 0 Å². The lowest BCUT2D eigenvalue weighted by molar-refractivity contribution is 0.0988. The number of halogens is 1. The summed E-state index contributed by atoms with van der Waals surface area (Å²) in [6, 6.07) is 15.9. The summed E-state index contributed by atoms with van der Waals surface area (Å²) in [4.78, 5) is 13.8. The number of nitrogens with zero attached hydrogens (tertiary/aromatic N) is 1. The van der Waals surface area contributed by atoms with Crippen molar-refractivity contribution in [3.63, 3.8) is 0 Å². The Morgan fingerprint density at radius 1 is 1.19 bits per heavy atom. The summed E-state index contributed by atoms with van der Waals surface area (Å²) in [7, 11) is 2.04. The molecule has 2 aromatic rings. The van der Waals surface area contributed by atoms with Gasteiger partial charge in [-0.2, -0.15) is 0 Å². The molecule has 0 aliphatic carbocycles. The van der Waals surface area contributed by atoms with Crippen molar-refractivity contribution < 1.29 is 4.79 Å². The Labute approximate surface area is 131 Å². The number of hydrogen-bond acceptors (Lipinski definition) is 2. The number of hydrogen-bond donors (Lipinski definition) is 0. The first kappa shape index (κ1) is 15.6. The average Bonchev–Trinajstić information content (AvgIpc) is 2.53. The van der Waals surface area contributed by atoms with Crippen LogP contribution in [-0.4, -0.2) is 12.8 Å². The van der Waals surface area contributed by atoms with Crippen LogP contribution >= 0.6 is 11.6 Å². The first-order valence-corrected chi connectivity index (χ1v) is 7.52. The standard InChI is InChI=1S/C18H20ClNO/c1-4-18(21)14-8-10-17(11-9-14)20(3)13(2)15-6-5-7-16(19)12-15/h5-13H,4H2,1-3H3. The van der Waals surface area contributed by atoms with Crippen molar-refractivity contribution in [2.45, 2.75) is 26.3 Å². The van der Waals surface area contributed by atoms with Gasteiger partial charge in [-0.1, -0.05) is 30.7 Å². The molecule has 21 heavy (non-hydrogen) atoms. The minimum Gasteiger partial charge on any atom is -0.368 e. The predicted molar refractivity (Wildman–Crippen MR) is 89.3 cm³/mol. The van der Waals surface area contributed by atoms with Gasteiger partial charge in [0.1, 0.15) is 0 Å². The fourth-order valence-corrected chi connectivity index (χ4v) is 2.50. The summed E-state index contributed by atoms with van der Waals surface area (Å²) in [6.07, 6.45) is 0.536. The quantitative estimate of drug-likeness (QED) is 0.714. The zero-order valence-corrected chi connectivity index (χ0v) is 13.4. The Morgan fingerprint density at radius 2 is 1.86 bits per heavy atom. The summed E-state index contributed by atoms with van der Waals surface area (Å²) in [5.41, 5.74) is 3.01. The maximum atomic E-state index is 11.7. The van der Waals surface area contributed by atoms with E-state index in [1.165, 1.54) is 5.56 Å². The monoisotopic (exact) mass is 301 g/mol. The van der Waals surface area contributed by atoms with Crippen molar-refractivity contribution in [3.8, 4) is 0 Å². The Hall–Kier alpha value is -1.80. The molecule has 1 unspecified atom stereocenters. The number of rotatable bonds is 5. The number of benzene rings is 2. The van der Waals surface area contributed by atoms with Crippen molar-refractivity contribution in [1.82, 2.24) is 0 Å². The lowest BCUT2D eigenvalue weighted by atomic mass is 10.1. The molecule has 0 aliphatic rings. The fourth-order valence-electron chi connectivity index (χ4n) is 2.30. The molecule has 0 bridgehead atoms. The summed E-state index contributed by atoms with van der Waals surface area (Å²) < 4.78 is 0. The van der Waals surface area contributed by atoms with Crippen LogP contribution in [0.5, 0.6) is 0 Å². The van der Waals surface area contributed by atoms with Crippen molar-refractivity contribution in [1.29, 1.82) is 0 Å². The van der Waals surface area contributed by atoms with E-state index in [1.807, 2.05) is 56.4 Å². The van der Waals surface area contributed by atoms with Crippen molar-refractivity contribution in [2.75, 3.05) is 11.9 Å². The molecule has 0 saturated heterocycles. The molecule has 2 aromatic carbocycles. The maximum absolute atomic E-state index is 11.7. The molecule has 0 spiro atoms. The maximum Gasteiger partial charge on any atom is 0.162 e. The number of carbonyl (C=O) groups is 1. The molecule has 0 aliphatic heterocycles. The first-order valence-electron chi connectivity index (χ1n) is 7.14. The molecule has 0 amide bonds. The molecule has 0 fully saturated rings. The van der Waals surface area contributed by atoms with Gasteiger partial charge < -0.3 is 4.90 Å². The third-order valence-electron chi connectivity index (χ3n) is 3.83. The van der Waals surface area contributed by atoms with Gasteiger partial charge in [0.15, 0.2) is 5.78 Å². The smallest absolute Gasteiger partial charge is 0.162 e. The van der Waals surface area contributed by atoms with E-state index in [1.54, 1.807) is 0 Å². The van der Waals surface area contributed by atoms with E-state index in [2.05, 4.69) is 17.9 Å². The number of anilines is 1. The van der Waals surface area contributed by atoms with Crippen LogP contribution in [0.15, 0.2) is 48.5 Å². The molecule has 0 N–H and O–H groups in total. The molecule has 0 radical (unpaired) electrons. The molecule has 1 atom stereocenters. The van der Waals surface area contributed by atoms with E-state index >= 15 is 0 Å². The van der Waals surface area contributed by atoms with Gasteiger partial charge in [-0.05, 0) is 48.9 Å². The second kappa shape index (κ2) is 6.77. The lowest BCUT2D eigenvalue weighted by Crippen LogP contribution is -2.21. The lowest BCUT2D eigenvalue weighted by Gasteiger charge is -2.27. The van der Waals surface area contributed by atoms with Crippen molar-refractivity contribution in [3.05, 3.63) is 64.7 Å². The van der Waals surface area contributed by atoms with E-state index in [0.717, 1.165) is 16.3 Å². The molecular weight excluding hydrogens is 282 g/mol. The zero-order chi connectivity index (χ0) is 15.4. The van der Waals surface area contributed by atoms with Crippen LogP contribution in [0.2, 0.25) is 5.02 Å². The van der Waals surface area contributed by atoms with Crippen LogP contribution < -0.4 is 4.90 Å². The second-order valence-corrected chi connectivity index (χ2v) is 5.60. The highest BCUT2D eigenvalue weighted by Gasteiger charge is 2.13. The van der Waals surface area contributed by atoms with Gasteiger partial charge in [0.05, 0.1) is 6.04 Å². The Balaban J connectivity index is 2.19. The van der Waals surface area contributed by atoms with Crippen molar-refractivity contribution in [2.24, 2.45) is 0 Å². The van der Waals surface area contributed by atoms with Crippen LogP contribution in [0.4, 0.5) is 5.69 Å². The van der Waals surface area contributed by atoms with Gasteiger partial charge in [-0.15, -0.1) is 0 Å². The van der Waals surface area contributed by atoms with E-state index in [0.29, 0.717) is 6.42 Å². The Kier molecular flexibility index (Phi) is 5.03. The summed E-state index contributed by atoms with van der Waals surface area (Å²) >= 11 is 6.06. The van der Waals surface area contributed by atoms with Gasteiger partial charge in [0, 0.05) is 29.7 Å². The highest BCUT2D eigenvalue weighted by molar-refractivity contribution is 6.30. The summed E-state index contributed by atoms with van der Waals surface area (Å²) in [6.45, 7) is 4.01. The molecule has 2 nitrogen and oxygen atoms in total. The highest BCUT2D eigenvalue weighted by Crippen LogP contribution is 2.27. The molecule has 110 valence electrons. The van der Waals surface area contributed by atoms with Crippen LogP contribution in [0.3, 0.4) is 0 Å². The summed E-state index contributed by atoms with van der Waals surface area (Å²) in [5, 5.41) is 0.747. The van der Waals surface area contributed by atoms with Gasteiger partial charge >= 0.3 is 0 Å². The largest absolute Gasteiger partial charge is 0.368 e. The normalized spacial score (nSPS) is 12.0. The fraction of sp³-hybridized carbons (Fsp3) is 0.278. The molecule has 0 heterocycles. The summed E-state index contributed by atoms with van der Waals surface area (Å²) in [5.74, 6) is 0.173. The third kappa shape index (κ3) is 3.64. The molecule has 3 heteroatoms. The Morgan fingerprint density at radius 3 is 2.43 bits per heavy atom. The molecular formula is C18H20ClNO. The van der Waals surface area contributed by atoms with Crippen molar-refractivity contribution >= 4 is 23.1 Å². The number of carbonyl (C=O) groups excluding carboxylic acids is 1. The highest BCUT2D eigenvalue weighted by atomic mass is 35.5. The number of ketones is 1. The van der Waals surface area contributed by atoms with E-state index < -0.39 is 0 Å². The Bertz CT molecular complexity index is 621. The van der Waals surface area contributed by atoms with Crippen LogP contribution in [0.1, 0.15) is 42.2 Å². The zero-order valence-electron chi connectivity index (χ0n) is 12.6. The molecule has 0 saturated carbocycles. The topological polar surface area (TPSA) is 20.3 Å². The average molecular weight is 302 g/mol. The minimum absolute atomic E-state index is 0.173. The van der Waals surface area contributed by atoms with Crippen LogP contribution in [-0.2, 0) is 0 Å². The van der Waals surface area contributed by atoms with Gasteiger partial charge in [-0.25, -0.2) is 0 Å². The first-order chi connectivity index (χ1) is 10.0. The second-order valence-electron chi connectivity index (χ2n) is 5.17. The minimum atomic E-state index is 0.173. The van der Waals surface area contributed by atoms with E-state index in [9.17, 15) is 4.79 Å². The predicted octanol–water partition coefficient (Wildman–Crippen LogP) is 5.13.